The van der Waals surface area contributed by atoms with Crippen molar-refractivity contribution < 1.29 is 14.3 Å². The van der Waals surface area contributed by atoms with E-state index in [4.69, 9.17) is 9.47 Å². The Balaban J connectivity index is 1.76. The summed E-state index contributed by atoms with van der Waals surface area (Å²) < 4.78 is 11.3. The lowest BCUT2D eigenvalue weighted by atomic mass is 10.2. The van der Waals surface area contributed by atoms with Gasteiger partial charge in [-0.25, -0.2) is 9.97 Å². The molecule has 2 aromatic heterocycles. The van der Waals surface area contributed by atoms with Crippen molar-refractivity contribution in [1.82, 2.24) is 14.9 Å². The number of aryl methyl sites for hydroxylation is 2. The van der Waals surface area contributed by atoms with E-state index in [2.05, 4.69) is 34.3 Å². The second-order valence-corrected chi connectivity index (χ2v) is 7.97. The maximum atomic E-state index is 11.8. The molecule has 2 heterocycles. The lowest BCUT2D eigenvalue weighted by molar-refractivity contribution is -0.130. The molecular formula is C21H25N5O3S. The number of amides is 1. The van der Waals surface area contributed by atoms with Gasteiger partial charge in [0.25, 0.3) is 5.91 Å². The molecule has 30 heavy (non-hydrogen) atoms. The number of carbonyl (C=O) groups excluding carboxylic acids is 1. The van der Waals surface area contributed by atoms with Gasteiger partial charge in [0.1, 0.15) is 11.2 Å². The van der Waals surface area contributed by atoms with Crippen molar-refractivity contribution in [3.05, 3.63) is 40.5 Å². The molecule has 0 aliphatic heterocycles. The van der Waals surface area contributed by atoms with Gasteiger partial charge in [-0.2, -0.15) is 5.10 Å². The van der Waals surface area contributed by atoms with Crippen LogP contribution in [0, 0.1) is 13.8 Å². The van der Waals surface area contributed by atoms with Crippen molar-refractivity contribution >= 4 is 39.5 Å². The van der Waals surface area contributed by atoms with Gasteiger partial charge in [0.05, 0.1) is 18.2 Å². The molecule has 3 rings (SSSR count). The Labute approximate surface area is 179 Å². The summed E-state index contributed by atoms with van der Waals surface area (Å²) in [6, 6.07) is 5.43. The van der Waals surface area contributed by atoms with E-state index < -0.39 is 0 Å². The second-order valence-electron chi connectivity index (χ2n) is 6.77. The number of nitrogens with zero attached hydrogens (tertiary/aromatic N) is 4. The van der Waals surface area contributed by atoms with Crippen LogP contribution in [0.4, 0.5) is 5.82 Å². The third-order valence-electron chi connectivity index (χ3n) is 4.47. The summed E-state index contributed by atoms with van der Waals surface area (Å²) >= 11 is 1.64. The summed E-state index contributed by atoms with van der Waals surface area (Å²) in [6.45, 7) is 6.45. The van der Waals surface area contributed by atoms with Crippen LogP contribution < -0.4 is 14.9 Å². The van der Waals surface area contributed by atoms with Gasteiger partial charge in [-0.3, -0.25) is 10.2 Å². The predicted molar refractivity (Wildman–Crippen MR) is 120 cm³/mol. The molecule has 8 nitrogen and oxygen atoms in total. The zero-order chi connectivity index (χ0) is 21.7. The fraction of sp³-hybridized carbons (Fsp3) is 0.333. The first kappa shape index (κ1) is 21.5. The molecule has 1 amide bonds. The minimum absolute atomic E-state index is 0.0504. The third-order valence-corrected chi connectivity index (χ3v) is 5.58. The number of hydrogen-bond acceptors (Lipinski definition) is 8. The minimum atomic E-state index is -0.123. The normalized spacial score (nSPS) is 11.1. The van der Waals surface area contributed by atoms with E-state index in [9.17, 15) is 4.79 Å². The van der Waals surface area contributed by atoms with Crippen LogP contribution in [-0.2, 0) is 4.79 Å². The molecular weight excluding hydrogens is 402 g/mol. The van der Waals surface area contributed by atoms with Crippen molar-refractivity contribution in [2.45, 2.75) is 20.8 Å². The largest absolute Gasteiger partial charge is 0.490 e. The lowest BCUT2D eigenvalue weighted by Gasteiger charge is -2.14. The first-order valence-electron chi connectivity index (χ1n) is 9.50. The van der Waals surface area contributed by atoms with Gasteiger partial charge >= 0.3 is 0 Å². The molecule has 0 atom stereocenters. The Morgan fingerprint density at radius 1 is 1.23 bits per heavy atom. The number of carbonyl (C=O) groups is 1. The molecule has 3 aromatic rings. The average molecular weight is 428 g/mol. The molecule has 0 radical (unpaired) electrons. The maximum absolute atomic E-state index is 11.8. The number of aromatic nitrogens is 2. The first-order valence-corrected chi connectivity index (χ1v) is 10.3. The van der Waals surface area contributed by atoms with Crippen LogP contribution in [0.25, 0.3) is 10.2 Å². The fourth-order valence-corrected chi connectivity index (χ4v) is 3.69. The smallest absolute Gasteiger partial charge is 0.259 e. The van der Waals surface area contributed by atoms with Crippen molar-refractivity contribution in [3.63, 3.8) is 0 Å². The molecule has 0 saturated heterocycles. The summed E-state index contributed by atoms with van der Waals surface area (Å²) in [5, 5.41) is 5.31. The highest BCUT2D eigenvalue weighted by molar-refractivity contribution is 7.18. The number of anilines is 1. The average Bonchev–Trinajstić information content (AvgIpc) is 3.02. The van der Waals surface area contributed by atoms with Gasteiger partial charge in [0.2, 0.25) is 0 Å². The third kappa shape index (κ3) is 4.85. The zero-order valence-corrected chi connectivity index (χ0v) is 18.5. The van der Waals surface area contributed by atoms with E-state index in [1.807, 2.05) is 19.1 Å². The molecule has 0 fully saturated rings. The second kappa shape index (κ2) is 9.53. The van der Waals surface area contributed by atoms with E-state index >= 15 is 0 Å². The number of hydrazone groups is 1. The Kier molecular flexibility index (Phi) is 6.83. The molecule has 0 saturated carbocycles. The van der Waals surface area contributed by atoms with Crippen molar-refractivity contribution in [2.24, 2.45) is 5.10 Å². The summed E-state index contributed by atoms with van der Waals surface area (Å²) in [7, 11) is 3.37. The molecule has 0 spiro atoms. The van der Waals surface area contributed by atoms with Crippen molar-refractivity contribution in [3.8, 4) is 11.5 Å². The van der Waals surface area contributed by atoms with Gasteiger partial charge in [-0.1, -0.05) is 0 Å². The zero-order valence-electron chi connectivity index (χ0n) is 17.7. The molecule has 1 aromatic carbocycles. The number of rotatable bonds is 8. The van der Waals surface area contributed by atoms with E-state index in [0.717, 1.165) is 21.3 Å². The molecule has 0 aliphatic rings. The number of ether oxygens (including phenoxy) is 2. The van der Waals surface area contributed by atoms with Gasteiger partial charge in [-0.15, -0.1) is 11.3 Å². The van der Waals surface area contributed by atoms with Crippen LogP contribution in [-0.4, -0.2) is 54.3 Å². The van der Waals surface area contributed by atoms with E-state index in [1.54, 1.807) is 37.7 Å². The van der Waals surface area contributed by atoms with Crippen molar-refractivity contribution in [1.29, 1.82) is 0 Å². The quantitative estimate of drug-likeness (QED) is 0.436. The number of benzene rings is 1. The lowest BCUT2D eigenvalue weighted by Crippen LogP contribution is -2.27. The van der Waals surface area contributed by atoms with Gasteiger partial charge in [0, 0.05) is 19.0 Å². The summed E-state index contributed by atoms with van der Waals surface area (Å²) in [5.74, 6) is 1.62. The van der Waals surface area contributed by atoms with Gasteiger partial charge < -0.3 is 14.4 Å². The minimum Gasteiger partial charge on any atom is -0.490 e. The topological polar surface area (TPSA) is 88.9 Å². The molecule has 9 heteroatoms. The van der Waals surface area contributed by atoms with Crippen LogP contribution >= 0.6 is 11.3 Å². The van der Waals surface area contributed by atoms with Crippen LogP contribution in [0.1, 0.15) is 22.9 Å². The van der Waals surface area contributed by atoms with Gasteiger partial charge in [-0.05, 0) is 50.1 Å². The Hall–Kier alpha value is -3.20. The Bertz CT molecular complexity index is 1080. The summed E-state index contributed by atoms with van der Waals surface area (Å²) in [4.78, 5) is 24.0. The Morgan fingerprint density at radius 3 is 2.77 bits per heavy atom. The van der Waals surface area contributed by atoms with Crippen LogP contribution in [0.2, 0.25) is 0 Å². The highest BCUT2D eigenvalue weighted by Crippen LogP contribution is 2.32. The first-order chi connectivity index (χ1) is 14.4. The van der Waals surface area contributed by atoms with Gasteiger partial charge in [0.15, 0.2) is 23.9 Å². The highest BCUT2D eigenvalue weighted by Gasteiger charge is 2.12. The number of likely N-dealkylation sites (N-methyl/N-ethyl adjacent to an activating group) is 1. The Morgan fingerprint density at radius 2 is 2.03 bits per heavy atom. The summed E-state index contributed by atoms with van der Waals surface area (Å²) in [6.07, 6.45) is 3.21. The van der Waals surface area contributed by atoms with E-state index in [0.29, 0.717) is 23.9 Å². The van der Waals surface area contributed by atoms with Crippen LogP contribution in [0.15, 0.2) is 29.6 Å². The van der Waals surface area contributed by atoms with E-state index in [-0.39, 0.29) is 12.5 Å². The predicted octanol–water partition coefficient (Wildman–Crippen LogP) is 3.62. The molecule has 0 bridgehead atoms. The monoisotopic (exact) mass is 427 g/mol. The standard InChI is InChI=1S/C21H25N5O3S/c1-6-28-17-9-15(7-8-16(17)29-11-18(27)26(4)5)10-24-25-20-19-13(2)14(3)30-21(19)23-12-22-20/h7-10,12H,6,11H2,1-5H3,(H,22,23,25)/b24-10-. The SMILES string of the molecule is CCOc1cc(/C=N\Nc2ncnc3sc(C)c(C)c23)ccc1OCC(=O)N(C)C. The highest BCUT2D eigenvalue weighted by atomic mass is 32.1. The van der Waals surface area contributed by atoms with Crippen LogP contribution in [0.3, 0.4) is 0 Å². The number of fused-ring (bicyclic) bond motifs is 1. The molecule has 0 aliphatic carbocycles. The maximum Gasteiger partial charge on any atom is 0.259 e. The van der Waals surface area contributed by atoms with Crippen LogP contribution in [0.5, 0.6) is 11.5 Å². The summed E-state index contributed by atoms with van der Waals surface area (Å²) in [5.41, 5.74) is 4.99. The fourth-order valence-electron chi connectivity index (χ4n) is 2.70. The number of thiophene rings is 1. The number of nitrogens with one attached hydrogen (secondary N) is 1. The molecule has 158 valence electrons. The number of hydrogen-bond donors (Lipinski definition) is 1. The molecule has 1 N–H and O–H groups in total. The molecule has 0 unspecified atom stereocenters. The van der Waals surface area contributed by atoms with E-state index in [1.165, 1.54) is 16.1 Å². The van der Waals surface area contributed by atoms with Crippen molar-refractivity contribution in [2.75, 3.05) is 32.7 Å².